The maximum absolute atomic E-state index is 11.9. The van der Waals surface area contributed by atoms with Crippen molar-refractivity contribution in [2.75, 3.05) is 20.1 Å². The smallest absolute Gasteiger partial charge is 0.410 e. The van der Waals surface area contributed by atoms with E-state index >= 15 is 0 Å². The van der Waals surface area contributed by atoms with E-state index in [-0.39, 0.29) is 12.1 Å². The van der Waals surface area contributed by atoms with Gasteiger partial charge in [0.2, 0.25) is 0 Å². The number of carbonyl (C=O) groups is 1. The van der Waals surface area contributed by atoms with E-state index in [4.69, 9.17) is 10.5 Å². The van der Waals surface area contributed by atoms with Gasteiger partial charge in [-0.05, 0) is 41.0 Å². The van der Waals surface area contributed by atoms with Crippen LogP contribution in [0.1, 0.15) is 41.0 Å². The van der Waals surface area contributed by atoms with Crippen molar-refractivity contribution in [3.8, 4) is 0 Å². The van der Waals surface area contributed by atoms with Crippen LogP contribution in [0.25, 0.3) is 0 Å². The number of rotatable bonds is 6. The Hall–Kier alpha value is -1.72. The molecule has 0 radical (unpaired) electrons. The first kappa shape index (κ1) is 19.3. The lowest BCUT2D eigenvalue weighted by Crippen LogP contribution is -2.41. The zero-order valence-electron chi connectivity index (χ0n) is 14.2. The van der Waals surface area contributed by atoms with Crippen LogP contribution in [-0.2, 0) is 4.74 Å². The van der Waals surface area contributed by atoms with Gasteiger partial charge in [0.05, 0.1) is 6.54 Å². The summed E-state index contributed by atoms with van der Waals surface area (Å²) in [6.07, 6.45) is 0.429. The molecule has 0 saturated carbocycles. The van der Waals surface area contributed by atoms with Gasteiger partial charge < -0.3 is 20.7 Å². The van der Waals surface area contributed by atoms with E-state index in [0.29, 0.717) is 19.0 Å². The van der Waals surface area contributed by atoms with E-state index in [9.17, 15) is 4.79 Å². The van der Waals surface area contributed by atoms with Crippen molar-refractivity contribution < 1.29 is 9.53 Å². The molecule has 6 nitrogen and oxygen atoms in total. The van der Waals surface area contributed by atoms with Crippen molar-refractivity contribution in [3.63, 3.8) is 0 Å². The van der Waals surface area contributed by atoms with E-state index in [1.807, 2.05) is 34.6 Å². The van der Waals surface area contributed by atoms with E-state index in [2.05, 4.69) is 16.9 Å². The quantitative estimate of drug-likeness (QED) is 0.447. The molecule has 0 aliphatic rings. The fourth-order valence-electron chi connectivity index (χ4n) is 1.39. The Kier molecular flexibility index (Phi) is 7.84. The van der Waals surface area contributed by atoms with Gasteiger partial charge in [-0.2, -0.15) is 0 Å². The summed E-state index contributed by atoms with van der Waals surface area (Å²) in [5, 5.41) is 3.02. The van der Waals surface area contributed by atoms with Crippen LogP contribution in [-0.4, -0.2) is 48.7 Å². The molecule has 0 spiro atoms. The lowest BCUT2D eigenvalue weighted by Gasteiger charge is -2.28. The Morgan fingerprint density at radius 1 is 1.48 bits per heavy atom. The summed E-state index contributed by atoms with van der Waals surface area (Å²) in [5.41, 5.74) is 6.19. The highest BCUT2D eigenvalue weighted by molar-refractivity contribution is 5.77. The summed E-state index contributed by atoms with van der Waals surface area (Å²) in [4.78, 5) is 17.6. The third-order valence-corrected chi connectivity index (χ3v) is 2.73. The third-order valence-electron chi connectivity index (χ3n) is 2.73. The Morgan fingerprint density at radius 3 is 2.52 bits per heavy atom. The minimum Gasteiger partial charge on any atom is -0.444 e. The van der Waals surface area contributed by atoms with Crippen LogP contribution < -0.4 is 11.1 Å². The van der Waals surface area contributed by atoms with Gasteiger partial charge in [-0.3, -0.25) is 0 Å². The van der Waals surface area contributed by atoms with Crippen molar-refractivity contribution in [1.29, 1.82) is 0 Å². The van der Waals surface area contributed by atoms with Crippen LogP contribution in [0.2, 0.25) is 0 Å². The van der Waals surface area contributed by atoms with E-state index in [1.54, 1.807) is 11.9 Å². The minimum absolute atomic E-state index is 0.0429. The van der Waals surface area contributed by atoms with E-state index < -0.39 is 5.60 Å². The standard InChI is InChI=1S/C15H30N4O2/c1-11(2)10-18-13(16)17-9-8-12(3)19(7)14(20)21-15(4,5)6/h12H,1,8-10H2,2-7H3,(H3,16,17,18). The molecule has 0 saturated heterocycles. The number of nitrogens with one attached hydrogen (secondary N) is 1. The van der Waals surface area contributed by atoms with E-state index in [1.165, 1.54) is 0 Å². The highest BCUT2D eigenvalue weighted by atomic mass is 16.6. The molecule has 122 valence electrons. The molecule has 0 heterocycles. The molecular formula is C15H30N4O2. The predicted octanol–water partition coefficient (Wildman–Crippen LogP) is 2.11. The SMILES string of the molecule is C=C(C)CN=C(N)NCCC(C)N(C)C(=O)OC(C)(C)C. The van der Waals surface area contributed by atoms with Crippen LogP contribution in [0.15, 0.2) is 17.1 Å². The summed E-state index contributed by atoms with van der Waals surface area (Å²) in [7, 11) is 1.73. The fourth-order valence-corrected chi connectivity index (χ4v) is 1.39. The van der Waals surface area contributed by atoms with Gasteiger partial charge in [-0.1, -0.05) is 12.2 Å². The Bertz CT molecular complexity index is 386. The minimum atomic E-state index is -0.483. The highest BCUT2D eigenvalue weighted by Gasteiger charge is 2.22. The largest absolute Gasteiger partial charge is 0.444 e. The topological polar surface area (TPSA) is 80.0 Å². The number of nitrogens with zero attached hydrogens (tertiary/aromatic N) is 2. The Balaban J connectivity index is 4.14. The van der Waals surface area contributed by atoms with Crippen LogP contribution in [0.4, 0.5) is 4.79 Å². The molecule has 1 unspecified atom stereocenters. The lowest BCUT2D eigenvalue weighted by atomic mass is 10.2. The van der Waals surface area contributed by atoms with Crippen molar-refractivity contribution in [2.24, 2.45) is 10.7 Å². The second-order valence-corrected chi connectivity index (χ2v) is 6.31. The number of nitrogens with two attached hydrogens (primary N) is 1. The van der Waals surface area contributed by atoms with Crippen LogP contribution in [0.5, 0.6) is 0 Å². The second-order valence-electron chi connectivity index (χ2n) is 6.31. The van der Waals surface area contributed by atoms with Gasteiger partial charge >= 0.3 is 6.09 Å². The van der Waals surface area contributed by atoms with Gasteiger partial charge in [0.1, 0.15) is 5.60 Å². The van der Waals surface area contributed by atoms with E-state index in [0.717, 1.165) is 12.0 Å². The van der Waals surface area contributed by atoms with Crippen molar-refractivity contribution in [3.05, 3.63) is 12.2 Å². The lowest BCUT2D eigenvalue weighted by molar-refractivity contribution is 0.0231. The van der Waals surface area contributed by atoms with Gasteiger partial charge in [-0.15, -0.1) is 0 Å². The number of hydrogen-bond acceptors (Lipinski definition) is 3. The maximum atomic E-state index is 11.9. The zero-order valence-corrected chi connectivity index (χ0v) is 14.2. The number of amides is 1. The number of ether oxygens (including phenoxy) is 1. The number of carbonyl (C=O) groups excluding carboxylic acids is 1. The van der Waals surface area contributed by atoms with Gasteiger partial charge in [0, 0.05) is 19.6 Å². The van der Waals surface area contributed by atoms with Gasteiger partial charge in [0.15, 0.2) is 5.96 Å². The molecular weight excluding hydrogens is 268 g/mol. The van der Waals surface area contributed by atoms with Crippen molar-refractivity contribution >= 4 is 12.1 Å². The Morgan fingerprint density at radius 2 is 2.05 bits per heavy atom. The second kappa shape index (κ2) is 8.54. The fraction of sp³-hybridized carbons (Fsp3) is 0.733. The number of hydrogen-bond donors (Lipinski definition) is 2. The molecule has 0 aliphatic heterocycles. The van der Waals surface area contributed by atoms with Crippen LogP contribution in [0, 0.1) is 0 Å². The van der Waals surface area contributed by atoms with Gasteiger partial charge in [-0.25, -0.2) is 9.79 Å². The summed E-state index contributed by atoms with van der Waals surface area (Å²) >= 11 is 0. The molecule has 0 aromatic carbocycles. The van der Waals surface area contributed by atoms with Crippen molar-refractivity contribution in [2.45, 2.75) is 52.7 Å². The first-order valence-electron chi connectivity index (χ1n) is 7.17. The first-order chi connectivity index (χ1) is 9.53. The zero-order chi connectivity index (χ0) is 16.6. The van der Waals surface area contributed by atoms with Crippen molar-refractivity contribution in [1.82, 2.24) is 10.2 Å². The third kappa shape index (κ3) is 9.76. The predicted molar refractivity (Wildman–Crippen MR) is 87.4 cm³/mol. The molecule has 0 rings (SSSR count). The molecule has 21 heavy (non-hydrogen) atoms. The summed E-state index contributed by atoms with van der Waals surface area (Å²) < 4.78 is 5.32. The molecule has 0 bridgehead atoms. The molecule has 1 amide bonds. The van der Waals surface area contributed by atoms with Crippen LogP contribution >= 0.6 is 0 Å². The maximum Gasteiger partial charge on any atom is 0.410 e. The first-order valence-corrected chi connectivity index (χ1v) is 7.17. The molecule has 6 heteroatoms. The molecule has 3 N–H and O–H groups in total. The molecule has 0 aliphatic carbocycles. The molecule has 0 aromatic rings. The number of aliphatic imine (C=N–C) groups is 1. The summed E-state index contributed by atoms with van der Waals surface area (Å²) in [5.74, 6) is 0.394. The Labute approximate surface area is 128 Å². The normalized spacial score (nSPS) is 13.5. The summed E-state index contributed by atoms with van der Waals surface area (Å²) in [6, 6.07) is 0.0429. The van der Waals surface area contributed by atoms with Gasteiger partial charge in [0.25, 0.3) is 0 Å². The molecule has 0 fully saturated rings. The highest BCUT2D eigenvalue weighted by Crippen LogP contribution is 2.11. The monoisotopic (exact) mass is 298 g/mol. The average Bonchev–Trinajstić information content (AvgIpc) is 2.33. The summed E-state index contributed by atoms with van der Waals surface area (Å²) in [6.45, 7) is 14.3. The van der Waals surface area contributed by atoms with Crippen LogP contribution in [0.3, 0.4) is 0 Å². The average molecular weight is 298 g/mol. The molecule has 1 atom stereocenters. The molecule has 0 aromatic heterocycles. The number of guanidine groups is 1.